The van der Waals surface area contributed by atoms with Gasteiger partial charge in [-0.05, 0) is 49.6 Å². The van der Waals surface area contributed by atoms with Crippen LogP contribution in [-0.2, 0) is 6.42 Å². The smallest absolute Gasteiger partial charge is 0.120 e. The maximum absolute atomic E-state index is 5.65. The minimum Gasteiger partial charge on any atom is -0.488 e. The lowest BCUT2D eigenvalue weighted by molar-refractivity contribution is 0.359. The molecule has 1 aromatic carbocycles. The SMILES string of the molecule is C=C(Br)COc1ccc2c(c1)C(NC)CCC2. The van der Waals surface area contributed by atoms with Crippen molar-refractivity contribution < 1.29 is 4.74 Å². The molecule has 1 aliphatic rings. The van der Waals surface area contributed by atoms with Crippen molar-refractivity contribution in [2.45, 2.75) is 25.3 Å². The van der Waals surface area contributed by atoms with E-state index < -0.39 is 0 Å². The lowest BCUT2D eigenvalue weighted by atomic mass is 9.87. The molecule has 92 valence electrons. The summed E-state index contributed by atoms with van der Waals surface area (Å²) in [6.45, 7) is 4.28. The van der Waals surface area contributed by atoms with Crippen LogP contribution in [0.4, 0.5) is 0 Å². The molecular formula is C14H18BrNO. The zero-order chi connectivity index (χ0) is 12.3. The predicted octanol–water partition coefficient (Wildman–Crippen LogP) is 3.57. The van der Waals surface area contributed by atoms with Gasteiger partial charge in [0, 0.05) is 10.5 Å². The molecule has 1 unspecified atom stereocenters. The fourth-order valence-corrected chi connectivity index (χ4v) is 2.44. The third kappa shape index (κ3) is 3.11. The zero-order valence-electron chi connectivity index (χ0n) is 10.1. The van der Waals surface area contributed by atoms with Crippen LogP contribution in [0.2, 0.25) is 0 Å². The molecule has 0 fully saturated rings. The van der Waals surface area contributed by atoms with Crippen LogP contribution >= 0.6 is 15.9 Å². The topological polar surface area (TPSA) is 21.3 Å². The highest BCUT2D eigenvalue weighted by molar-refractivity contribution is 9.11. The monoisotopic (exact) mass is 295 g/mol. The van der Waals surface area contributed by atoms with Crippen LogP contribution in [0.15, 0.2) is 29.3 Å². The molecule has 0 bridgehead atoms. The standard InChI is InChI=1S/C14H18BrNO/c1-10(15)9-17-12-7-6-11-4-3-5-14(16-2)13(11)8-12/h6-8,14,16H,1,3-5,9H2,2H3. The molecule has 0 amide bonds. The van der Waals surface area contributed by atoms with E-state index in [9.17, 15) is 0 Å². The molecule has 0 aliphatic heterocycles. The number of nitrogens with one attached hydrogen (secondary N) is 1. The number of hydrogen-bond acceptors (Lipinski definition) is 2. The Morgan fingerprint density at radius 1 is 1.59 bits per heavy atom. The van der Waals surface area contributed by atoms with Crippen molar-refractivity contribution in [1.82, 2.24) is 5.32 Å². The van der Waals surface area contributed by atoms with Gasteiger partial charge in [0.1, 0.15) is 12.4 Å². The van der Waals surface area contributed by atoms with Crippen molar-refractivity contribution in [3.05, 3.63) is 40.4 Å². The van der Waals surface area contributed by atoms with Crippen LogP contribution in [0.5, 0.6) is 5.75 Å². The molecule has 1 aromatic rings. The van der Waals surface area contributed by atoms with Crippen molar-refractivity contribution in [3.63, 3.8) is 0 Å². The summed E-state index contributed by atoms with van der Waals surface area (Å²) in [5.74, 6) is 0.923. The van der Waals surface area contributed by atoms with Gasteiger partial charge in [0.2, 0.25) is 0 Å². The van der Waals surface area contributed by atoms with Crippen molar-refractivity contribution in [1.29, 1.82) is 0 Å². The van der Waals surface area contributed by atoms with Crippen LogP contribution in [0.1, 0.15) is 30.0 Å². The Balaban J connectivity index is 2.18. The molecule has 0 radical (unpaired) electrons. The summed E-state index contributed by atoms with van der Waals surface area (Å²) in [5, 5.41) is 3.37. The molecule has 17 heavy (non-hydrogen) atoms. The summed E-state index contributed by atoms with van der Waals surface area (Å²) in [5.41, 5.74) is 2.83. The van der Waals surface area contributed by atoms with Gasteiger partial charge >= 0.3 is 0 Å². The highest BCUT2D eigenvalue weighted by atomic mass is 79.9. The van der Waals surface area contributed by atoms with E-state index in [1.165, 1.54) is 30.4 Å². The highest BCUT2D eigenvalue weighted by Gasteiger charge is 2.19. The van der Waals surface area contributed by atoms with Crippen LogP contribution in [-0.4, -0.2) is 13.7 Å². The van der Waals surface area contributed by atoms with Crippen LogP contribution in [0.3, 0.4) is 0 Å². The maximum atomic E-state index is 5.65. The Bertz CT molecular complexity index is 417. The molecule has 0 saturated heterocycles. The Morgan fingerprint density at radius 3 is 3.12 bits per heavy atom. The van der Waals surface area contributed by atoms with Crippen LogP contribution in [0, 0.1) is 0 Å². The lowest BCUT2D eigenvalue weighted by Gasteiger charge is -2.25. The zero-order valence-corrected chi connectivity index (χ0v) is 11.7. The van der Waals surface area contributed by atoms with Gasteiger partial charge in [0.15, 0.2) is 0 Å². The minimum atomic E-state index is 0.467. The normalized spacial score (nSPS) is 18.6. The largest absolute Gasteiger partial charge is 0.488 e. The first-order valence-electron chi connectivity index (χ1n) is 5.97. The van der Waals surface area contributed by atoms with Gasteiger partial charge in [-0.3, -0.25) is 0 Å². The molecule has 3 heteroatoms. The molecule has 2 rings (SSSR count). The molecule has 0 aromatic heterocycles. The Hall–Kier alpha value is -0.800. The average molecular weight is 296 g/mol. The van der Waals surface area contributed by atoms with E-state index in [2.05, 4.69) is 40.0 Å². The Kier molecular flexibility index (Phi) is 4.24. The van der Waals surface area contributed by atoms with Gasteiger partial charge in [0.05, 0.1) is 0 Å². The first-order chi connectivity index (χ1) is 8.20. The molecule has 1 atom stereocenters. The highest BCUT2D eigenvalue weighted by Crippen LogP contribution is 2.32. The van der Waals surface area contributed by atoms with E-state index in [-0.39, 0.29) is 0 Å². The second-order valence-corrected chi connectivity index (χ2v) is 5.52. The fraction of sp³-hybridized carbons (Fsp3) is 0.429. The van der Waals surface area contributed by atoms with Gasteiger partial charge in [-0.2, -0.15) is 0 Å². The Labute approximate surface area is 111 Å². The van der Waals surface area contributed by atoms with Gasteiger partial charge in [0.25, 0.3) is 0 Å². The average Bonchev–Trinajstić information content (AvgIpc) is 2.35. The molecule has 1 aliphatic carbocycles. The lowest BCUT2D eigenvalue weighted by Crippen LogP contribution is -2.21. The van der Waals surface area contributed by atoms with E-state index in [4.69, 9.17) is 4.74 Å². The number of fused-ring (bicyclic) bond motifs is 1. The third-order valence-corrected chi connectivity index (χ3v) is 3.40. The molecule has 1 N–H and O–H groups in total. The fourth-order valence-electron chi connectivity index (χ4n) is 2.33. The van der Waals surface area contributed by atoms with Crippen LogP contribution in [0.25, 0.3) is 0 Å². The summed E-state index contributed by atoms with van der Waals surface area (Å²) in [6, 6.07) is 6.86. The van der Waals surface area contributed by atoms with Gasteiger partial charge < -0.3 is 10.1 Å². The molecule has 2 nitrogen and oxygen atoms in total. The van der Waals surface area contributed by atoms with E-state index in [0.717, 1.165) is 10.2 Å². The second-order valence-electron chi connectivity index (χ2n) is 4.40. The van der Waals surface area contributed by atoms with E-state index in [0.29, 0.717) is 12.6 Å². The summed E-state index contributed by atoms with van der Waals surface area (Å²) < 4.78 is 6.51. The van der Waals surface area contributed by atoms with Crippen LogP contribution < -0.4 is 10.1 Å². The maximum Gasteiger partial charge on any atom is 0.120 e. The summed E-state index contributed by atoms with van der Waals surface area (Å²) >= 11 is 3.30. The number of benzene rings is 1. The van der Waals surface area contributed by atoms with Crippen molar-refractivity contribution >= 4 is 15.9 Å². The van der Waals surface area contributed by atoms with Gasteiger partial charge in [-0.25, -0.2) is 0 Å². The quantitative estimate of drug-likeness (QED) is 0.917. The second kappa shape index (κ2) is 5.69. The third-order valence-electron chi connectivity index (χ3n) is 3.18. The number of hydrogen-bond donors (Lipinski definition) is 1. The van der Waals surface area contributed by atoms with Crippen molar-refractivity contribution in [2.75, 3.05) is 13.7 Å². The molecular weight excluding hydrogens is 278 g/mol. The number of rotatable bonds is 4. The van der Waals surface area contributed by atoms with E-state index >= 15 is 0 Å². The molecule has 0 saturated carbocycles. The number of halogens is 1. The van der Waals surface area contributed by atoms with E-state index in [1.54, 1.807) is 0 Å². The molecule has 0 spiro atoms. The van der Waals surface area contributed by atoms with Gasteiger partial charge in [-0.15, -0.1) is 0 Å². The van der Waals surface area contributed by atoms with E-state index in [1.807, 2.05) is 13.1 Å². The number of ether oxygens (including phenoxy) is 1. The summed E-state index contributed by atoms with van der Waals surface area (Å²) in [4.78, 5) is 0. The molecule has 0 heterocycles. The first-order valence-corrected chi connectivity index (χ1v) is 6.76. The predicted molar refractivity (Wildman–Crippen MR) is 74.7 cm³/mol. The minimum absolute atomic E-state index is 0.467. The summed E-state index contributed by atoms with van der Waals surface area (Å²) in [6.07, 6.45) is 3.65. The Morgan fingerprint density at radius 2 is 2.41 bits per heavy atom. The number of aryl methyl sites for hydroxylation is 1. The van der Waals surface area contributed by atoms with Crippen molar-refractivity contribution in [3.8, 4) is 5.75 Å². The summed E-state index contributed by atoms with van der Waals surface area (Å²) in [7, 11) is 2.02. The van der Waals surface area contributed by atoms with Crippen molar-refractivity contribution in [2.24, 2.45) is 0 Å². The first kappa shape index (κ1) is 12.7. The van der Waals surface area contributed by atoms with Gasteiger partial charge in [-0.1, -0.05) is 28.6 Å².